The first-order chi connectivity index (χ1) is 25.3. The first-order valence-corrected chi connectivity index (χ1v) is 18.7. The van der Waals surface area contributed by atoms with Gasteiger partial charge in [-0.05, 0) is 12.8 Å². The average molecular weight is 789 g/mol. The maximum absolute atomic E-state index is 12.8. The van der Waals surface area contributed by atoms with Crippen molar-refractivity contribution in [3.8, 4) is 6.07 Å². The van der Waals surface area contributed by atoms with E-state index in [4.69, 9.17) is 47.4 Å². The van der Waals surface area contributed by atoms with Gasteiger partial charge in [0.2, 0.25) is 5.91 Å². The molecule has 3 fully saturated rings. The second-order valence-corrected chi connectivity index (χ2v) is 14.7. The topological polar surface area (TPSA) is 231 Å². The van der Waals surface area contributed by atoms with Crippen LogP contribution in [0.5, 0.6) is 0 Å². The fourth-order valence-corrected chi connectivity index (χ4v) is 7.45. The third-order valence-electron chi connectivity index (χ3n) is 9.43. The summed E-state index contributed by atoms with van der Waals surface area (Å²) in [6, 6.07) is 0.916. The molecule has 3 rings (SSSR count). The maximum atomic E-state index is 12.8. The minimum atomic E-state index is -1.45. The van der Waals surface area contributed by atoms with Gasteiger partial charge >= 0.3 is 29.8 Å². The monoisotopic (exact) mass is 788 g/mol. The lowest BCUT2D eigenvalue weighted by Crippen LogP contribution is -2.68. The Bertz CT molecular complexity index is 1390. The SMILES string of the molecule is CC(=O)NC1C(O[C@@H]2O[C@@H](COC(C)=O)[C@H](C)C(C)C2OC(C)=O)[C@H](O[C@@H]2OC(C)[C@@H](C)[C@H](OC(C)=O)C2OC(C)=O)[C@H](COC(C)=O)O[C@H]1SCC#N. The predicted molar refractivity (Wildman–Crippen MR) is 184 cm³/mol. The number of esters is 5. The molecule has 0 aliphatic carbocycles. The van der Waals surface area contributed by atoms with Crippen LogP contribution in [0.4, 0.5) is 0 Å². The van der Waals surface area contributed by atoms with Gasteiger partial charge in [-0.2, -0.15) is 5.26 Å². The molecule has 0 aromatic rings. The summed E-state index contributed by atoms with van der Waals surface area (Å²) in [7, 11) is 0. The molecule has 0 radical (unpaired) electrons. The van der Waals surface area contributed by atoms with Crippen LogP contribution in [0.1, 0.15) is 69.2 Å². The van der Waals surface area contributed by atoms with Crippen LogP contribution in [0.2, 0.25) is 0 Å². The lowest BCUT2D eigenvalue weighted by molar-refractivity contribution is -0.349. The third kappa shape index (κ3) is 12.2. The van der Waals surface area contributed by atoms with E-state index in [1.807, 2.05) is 19.9 Å². The second kappa shape index (κ2) is 20.4. The Morgan fingerprint density at radius 2 is 1.13 bits per heavy atom. The van der Waals surface area contributed by atoms with Crippen molar-refractivity contribution in [3.05, 3.63) is 0 Å². The number of nitrogens with zero attached hydrogens (tertiary/aromatic N) is 1. The van der Waals surface area contributed by atoms with Crippen molar-refractivity contribution in [2.24, 2.45) is 17.8 Å². The van der Waals surface area contributed by atoms with Gasteiger partial charge in [-0.1, -0.05) is 20.8 Å². The number of nitrogens with one attached hydrogen (secondary N) is 1. The fraction of sp³-hybridized carbons (Fsp3) is 0.800. The molecule has 3 heterocycles. The Hall–Kier alpha value is -3.54. The Kier molecular flexibility index (Phi) is 16.9. The smallest absolute Gasteiger partial charge is 0.303 e. The van der Waals surface area contributed by atoms with Gasteiger partial charge in [0, 0.05) is 53.4 Å². The molecule has 18 nitrogen and oxygen atoms in total. The summed E-state index contributed by atoms with van der Waals surface area (Å²) in [5, 5.41) is 12.3. The molecule has 3 aliphatic rings. The molecule has 0 bridgehead atoms. The lowest BCUT2D eigenvalue weighted by atomic mass is 9.83. The third-order valence-corrected chi connectivity index (χ3v) is 10.5. The van der Waals surface area contributed by atoms with E-state index in [2.05, 4.69) is 5.32 Å². The average Bonchev–Trinajstić information content (AvgIpc) is 3.06. The van der Waals surface area contributed by atoms with Crippen molar-refractivity contribution in [1.82, 2.24) is 5.32 Å². The van der Waals surface area contributed by atoms with E-state index in [9.17, 15) is 34.0 Å². The molecular formula is C35H52N2O16S. The van der Waals surface area contributed by atoms with Gasteiger partial charge in [0.05, 0.1) is 30.1 Å². The number of ether oxygens (including phenoxy) is 10. The Balaban J connectivity index is 2.21. The number of nitriles is 1. The molecule has 0 saturated carbocycles. The molecule has 0 aromatic heterocycles. The van der Waals surface area contributed by atoms with Crippen LogP contribution in [0.25, 0.3) is 0 Å². The number of hydrogen-bond donors (Lipinski definition) is 1. The van der Waals surface area contributed by atoms with Crippen LogP contribution in [0.15, 0.2) is 0 Å². The summed E-state index contributed by atoms with van der Waals surface area (Å²) in [5.41, 5.74) is -1.01. The fourth-order valence-electron chi connectivity index (χ4n) is 6.56. The maximum Gasteiger partial charge on any atom is 0.303 e. The first-order valence-electron chi connectivity index (χ1n) is 17.7. The highest BCUT2D eigenvalue weighted by molar-refractivity contribution is 8.00. The molecule has 19 heteroatoms. The molecule has 54 heavy (non-hydrogen) atoms. The molecule has 0 spiro atoms. The van der Waals surface area contributed by atoms with Gasteiger partial charge in [0.25, 0.3) is 0 Å². The van der Waals surface area contributed by atoms with Gasteiger partial charge in [-0.25, -0.2) is 0 Å². The molecular weight excluding hydrogens is 736 g/mol. The Labute approximate surface area is 318 Å². The van der Waals surface area contributed by atoms with Gasteiger partial charge in [-0.15, -0.1) is 11.8 Å². The Morgan fingerprint density at radius 1 is 0.611 bits per heavy atom. The summed E-state index contributed by atoms with van der Waals surface area (Å²) in [4.78, 5) is 73.7. The van der Waals surface area contributed by atoms with Crippen LogP contribution < -0.4 is 5.32 Å². The van der Waals surface area contributed by atoms with E-state index >= 15 is 0 Å². The first kappa shape index (κ1) is 44.9. The number of hydrogen-bond acceptors (Lipinski definition) is 18. The van der Waals surface area contributed by atoms with E-state index in [-0.39, 0.29) is 18.3 Å². The van der Waals surface area contributed by atoms with Crippen molar-refractivity contribution in [3.63, 3.8) is 0 Å². The van der Waals surface area contributed by atoms with Crippen molar-refractivity contribution >= 4 is 47.5 Å². The molecule has 15 atom stereocenters. The van der Waals surface area contributed by atoms with E-state index in [0.717, 1.165) is 18.7 Å². The highest BCUT2D eigenvalue weighted by Gasteiger charge is 2.56. The highest BCUT2D eigenvalue weighted by Crippen LogP contribution is 2.40. The van der Waals surface area contributed by atoms with Crippen LogP contribution in [0, 0.1) is 29.1 Å². The zero-order chi connectivity index (χ0) is 40.4. The summed E-state index contributed by atoms with van der Waals surface area (Å²) in [6.07, 6.45) is -11.4. The van der Waals surface area contributed by atoms with E-state index in [1.165, 1.54) is 34.6 Å². The van der Waals surface area contributed by atoms with E-state index in [1.54, 1.807) is 13.8 Å². The van der Waals surface area contributed by atoms with Gasteiger partial charge < -0.3 is 52.7 Å². The quantitative estimate of drug-likeness (QED) is 0.194. The van der Waals surface area contributed by atoms with E-state index in [0.29, 0.717) is 0 Å². The highest BCUT2D eigenvalue weighted by atomic mass is 32.2. The zero-order valence-electron chi connectivity index (χ0n) is 32.2. The number of rotatable bonds is 14. The zero-order valence-corrected chi connectivity index (χ0v) is 33.0. The van der Waals surface area contributed by atoms with Gasteiger partial charge in [-0.3, -0.25) is 28.8 Å². The van der Waals surface area contributed by atoms with Crippen molar-refractivity contribution in [1.29, 1.82) is 5.26 Å². The molecule has 1 amide bonds. The molecule has 3 saturated heterocycles. The number of carbonyl (C=O) groups excluding carboxylic acids is 6. The molecule has 3 aliphatic heterocycles. The molecule has 304 valence electrons. The van der Waals surface area contributed by atoms with Crippen LogP contribution >= 0.6 is 11.8 Å². The summed E-state index contributed by atoms with van der Waals surface area (Å²) in [6.45, 7) is 13.8. The summed E-state index contributed by atoms with van der Waals surface area (Å²) < 4.78 is 60.0. The van der Waals surface area contributed by atoms with Crippen molar-refractivity contribution < 1.29 is 76.1 Å². The second-order valence-electron chi connectivity index (χ2n) is 13.6. The van der Waals surface area contributed by atoms with Crippen molar-refractivity contribution in [2.45, 2.75) is 142 Å². The Morgan fingerprint density at radius 3 is 1.67 bits per heavy atom. The minimum absolute atomic E-state index is 0.0893. The molecule has 1 N–H and O–H groups in total. The number of amides is 1. The summed E-state index contributed by atoms with van der Waals surface area (Å²) >= 11 is 1.02. The normalized spacial score (nSPS) is 36.4. The standard InChI is InChI=1S/C35H52N2O16S/c1-15-16(2)29(48-23(9)42)33(50-25(15)13-44-20(6)39)53-31-27(37-19(5)38)35(54-12-11-36)51-26(14-45-21(7)40)30(31)52-34-32(49-24(10)43)28(47-22(8)41)17(3)18(4)46-34/h15-18,25-35H,12-14H2,1-10H3,(H,37,38)/t15-,16?,17-,18?,25+,26+,27?,28+,29?,30-,31?,32?,33+,34+,35+/m1/s1. The number of carbonyl (C=O) groups is 6. The lowest BCUT2D eigenvalue weighted by Gasteiger charge is -2.51. The molecule has 6 unspecified atom stereocenters. The summed E-state index contributed by atoms with van der Waals surface area (Å²) in [5.74, 6) is -5.02. The predicted octanol–water partition coefficient (Wildman–Crippen LogP) is 1.54. The van der Waals surface area contributed by atoms with E-state index < -0.39 is 127 Å². The molecule has 0 aromatic carbocycles. The van der Waals surface area contributed by atoms with Crippen LogP contribution in [-0.2, 0) is 76.1 Å². The van der Waals surface area contributed by atoms with Crippen LogP contribution in [0.3, 0.4) is 0 Å². The largest absolute Gasteiger partial charge is 0.463 e. The van der Waals surface area contributed by atoms with Crippen LogP contribution in [-0.4, -0.2) is 128 Å². The minimum Gasteiger partial charge on any atom is -0.463 e. The van der Waals surface area contributed by atoms with Gasteiger partial charge in [0.1, 0.15) is 43.1 Å². The van der Waals surface area contributed by atoms with Crippen molar-refractivity contribution in [2.75, 3.05) is 19.0 Å². The number of thioether (sulfide) groups is 1. The van der Waals surface area contributed by atoms with Gasteiger partial charge in [0.15, 0.2) is 24.8 Å².